The van der Waals surface area contributed by atoms with E-state index in [1.807, 2.05) is 0 Å². The van der Waals surface area contributed by atoms with E-state index < -0.39 is 0 Å². The first-order valence-electron chi connectivity index (χ1n) is 6.84. The third kappa shape index (κ3) is 6.08. The van der Waals surface area contributed by atoms with Crippen molar-refractivity contribution >= 4 is 5.84 Å². The van der Waals surface area contributed by atoms with Crippen molar-refractivity contribution in [1.29, 1.82) is 0 Å². The van der Waals surface area contributed by atoms with E-state index in [1.54, 1.807) is 18.3 Å². The van der Waals surface area contributed by atoms with Gasteiger partial charge >= 0.3 is 0 Å². The molecule has 0 aromatic carbocycles. The van der Waals surface area contributed by atoms with Crippen LogP contribution in [0.1, 0.15) is 51.1 Å². The van der Waals surface area contributed by atoms with Crippen LogP contribution in [0.15, 0.2) is 23.5 Å². The van der Waals surface area contributed by atoms with Crippen LogP contribution in [0, 0.1) is 0 Å². The zero-order valence-electron chi connectivity index (χ0n) is 11.5. The summed E-state index contributed by atoms with van der Waals surface area (Å²) in [5.74, 6) is 0.690. The molecule has 0 spiro atoms. The monoisotopic (exact) mass is 265 g/mol. The molecule has 19 heavy (non-hydrogen) atoms. The summed E-state index contributed by atoms with van der Waals surface area (Å²) >= 11 is 0. The fourth-order valence-electron chi connectivity index (χ4n) is 1.76. The second kappa shape index (κ2) is 9.19. The summed E-state index contributed by atoms with van der Waals surface area (Å²) in [4.78, 5) is 3.99. The van der Waals surface area contributed by atoms with E-state index in [0.717, 1.165) is 6.42 Å². The van der Waals surface area contributed by atoms with E-state index in [0.29, 0.717) is 18.1 Å². The average molecular weight is 265 g/mol. The number of aromatic nitrogens is 1. The Labute approximate surface area is 114 Å². The van der Waals surface area contributed by atoms with Crippen LogP contribution >= 0.6 is 0 Å². The quantitative estimate of drug-likeness (QED) is 0.236. The molecule has 5 nitrogen and oxygen atoms in total. The predicted octanol–water partition coefficient (Wildman–Crippen LogP) is 2.92. The lowest BCUT2D eigenvalue weighted by Crippen LogP contribution is -2.14. The van der Waals surface area contributed by atoms with Crippen molar-refractivity contribution in [2.75, 3.05) is 6.61 Å². The second-order valence-electron chi connectivity index (χ2n) is 4.48. The largest absolute Gasteiger partial charge is 0.493 e. The van der Waals surface area contributed by atoms with E-state index in [2.05, 4.69) is 17.1 Å². The van der Waals surface area contributed by atoms with Crippen LogP contribution in [-0.4, -0.2) is 22.6 Å². The maximum absolute atomic E-state index is 8.58. The Morgan fingerprint density at radius 1 is 1.32 bits per heavy atom. The Kier molecular flexibility index (Phi) is 7.39. The molecule has 1 rings (SSSR count). The molecule has 1 heterocycles. The Morgan fingerprint density at radius 3 is 2.79 bits per heavy atom. The third-order valence-electron chi connectivity index (χ3n) is 2.87. The molecule has 1 aromatic rings. The molecular formula is C14H23N3O2. The number of ether oxygens (including phenoxy) is 1. The summed E-state index contributed by atoms with van der Waals surface area (Å²) in [7, 11) is 0. The van der Waals surface area contributed by atoms with Gasteiger partial charge in [-0.15, -0.1) is 0 Å². The lowest BCUT2D eigenvalue weighted by atomic mass is 10.1. The Morgan fingerprint density at radius 2 is 2.05 bits per heavy atom. The smallest absolute Gasteiger partial charge is 0.188 e. The molecule has 0 bridgehead atoms. The van der Waals surface area contributed by atoms with Crippen molar-refractivity contribution in [1.82, 2.24) is 4.98 Å². The van der Waals surface area contributed by atoms with E-state index >= 15 is 0 Å². The molecule has 1 aromatic heterocycles. The van der Waals surface area contributed by atoms with Gasteiger partial charge in [-0.2, -0.15) is 0 Å². The fourth-order valence-corrected chi connectivity index (χ4v) is 1.76. The first-order valence-corrected chi connectivity index (χ1v) is 6.84. The summed E-state index contributed by atoms with van der Waals surface area (Å²) in [5.41, 5.74) is 5.89. The van der Waals surface area contributed by atoms with Gasteiger partial charge in [0.05, 0.1) is 6.61 Å². The van der Waals surface area contributed by atoms with Crippen LogP contribution in [0.5, 0.6) is 5.75 Å². The minimum absolute atomic E-state index is 0.00924. The number of oxime groups is 1. The second-order valence-corrected chi connectivity index (χ2v) is 4.48. The predicted molar refractivity (Wildman–Crippen MR) is 75.6 cm³/mol. The van der Waals surface area contributed by atoms with Gasteiger partial charge in [0.1, 0.15) is 11.4 Å². The van der Waals surface area contributed by atoms with Gasteiger partial charge in [0.2, 0.25) is 0 Å². The molecule has 0 aliphatic heterocycles. The highest BCUT2D eigenvalue weighted by atomic mass is 16.5. The molecule has 106 valence electrons. The minimum Gasteiger partial charge on any atom is -0.493 e. The summed E-state index contributed by atoms with van der Waals surface area (Å²) in [6.45, 7) is 2.90. The zero-order valence-corrected chi connectivity index (χ0v) is 11.5. The van der Waals surface area contributed by atoms with Crippen LogP contribution in [0.2, 0.25) is 0 Å². The number of rotatable bonds is 9. The zero-order chi connectivity index (χ0) is 13.9. The first kappa shape index (κ1) is 15.3. The summed E-state index contributed by atoms with van der Waals surface area (Å²) in [5, 5.41) is 11.5. The van der Waals surface area contributed by atoms with E-state index in [1.165, 1.54) is 32.1 Å². The molecular weight excluding hydrogens is 242 g/mol. The Bertz CT molecular complexity index is 394. The van der Waals surface area contributed by atoms with Crippen molar-refractivity contribution in [3.8, 4) is 5.75 Å². The van der Waals surface area contributed by atoms with E-state index in [-0.39, 0.29) is 5.84 Å². The van der Waals surface area contributed by atoms with Gasteiger partial charge in [-0.1, -0.05) is 44.2 Å². The molecule has 0 amide bonds. The molecule has 0 unspecified atom stereocenters. The highest BCUT2D eigenvalue weighted by Gasteiger charge is 2.02. The molecule has 0 atom stereocenters. The Hall–Kier alpha value is -1.78. The van der Waals surface area contributed by atoms with Gasteiger partial charge in [0.15, 0.2) is 5.84 Å². The molecule has 3 N–H and O–H groups in total. The molecule has 0 saturated heterocycles. The lowest BCUT2D eigenvalue weighted by molar-refractivity contribution is 0.304. The normalized spacial score (nSPS) is 11.5. The lowest BCUT2D eigenvalue weighted by Gasteiger charge is -2.07. The molecule has 0 radical (unpaired) electrons. The van der Waals surface area contributed by atoms with Crippen molar-refractivity contribution < 1.29 is 9.94 Å². The summed E-state index contributed by atoms with van der Waals surface area (Å²) < 4.78 is 5.62. The van der Waals surface area contributed by atoms with Gasteiger partial charge in [0.25, 0.3) is 0 Å². The average Bonchev–Trinajstić information content (AvgIpc) is 2.46. The standard InChI is InChI=1S/C14H23N3O2/c1-2-3-4-5-6-7-10-19-12-8-9-16-13(11-12)14(15)17-18/h8-9,11,18H,2-7,10H2,1H3,(H2,15,17). The number of hydrogen-bond acceptors (Lipinski definition) is 4. The highest BCUT2D eigenvalue weighted by molar-refractivity contribution is 5.95. The van der Waals surface area contributed by atoms with E-state index in [4.69, 9.17) is 15.7 Å². The van der Waals surface area contributed by atoms with E-state index in [9.17, 15) is 0 Å². The SMILES string of the molecule is CCCCCCCCOc1ccnc(C(N)=NO)c1. The molecule has 0 saturated carbocycles. The van der Waals surface area contributed by atoms with Crippen LogP contribution in [0.3, 0.4) is 0 Å². The summed E-state index contributed by atoms with van der Waals surface area (Å²) in [6, 6.07) is 3.44. The van der Waals surface area contributed by atoms with Crippen molar-refractivity contribution in [2.45, 2.75) is 45.4 Å². The van der Waals surface area contributed by atoms with Gasteiger partial charge in [-0.3, -0.25) is 4.98 Å². The first-order chi connectivity index (χ1) is 9.27. The maximum atomic E-state index is 8.58. The third-order valence-corrected chi connectivity index (χ3v) is 2.87. The maximum Gasteiger partial charge on any atom is 0.188 e. The number of unbranched alkanes of at least 4 members (excludes halogenated alkanes) is 5. The number of nitrogens with two attached hydrogens (primary N) is 1. The van der Waals surface area contributed by atoms with Gasteiger partial charge in [-0.05, 0) is 12.5 Å². The molecule has 0 fully saturated rings. The fraction of sp³-hybridized carbons (Fsp3) is 0.571. The molecule has 0 aliphatic rings. The van der Waals surface area contributed by atoms with Crippen molar-refractivity contribution in [3.63, 3.8) is 0 Å². The minimum atomic E-state index is -0.00924. The highest BCUT2D eigenvalue weighted by Crippen LogP contribution is 2.12. The number of nitrogens with zero attached hydrogens (tertiary/aromatic N) is 2. The number of pyridine rings is 1. The number of amidine groups is 1. The number of hydrogen-bond donors (Lipinski definition) is 2. The van der Waals surface area contributed by atoms with Crippen LogP contribution in [0.4, 0.5) is 0 Å². The van der Waals surface area contributed by atoms with Crippen molar-refractivity contribution in [3.05, 3.63) is 24.0 Å². The van der Waals surface area contributed by atoms with Crippen LogP contribution in [0.25, 0.3) is 0 Å². The van der Waals surface area contributed by atoms with Gasteiger partial charge < -0.3 is 15.7 Å². The van der Waals surface area contributed by atoms with Crippen molar-refractivity contribution in [2.24, 2.45) is 10.9 Å². The van der Waals surface area contributed by atoms with Gasteiger partial charge in [-0.25, -0.2) is 0 Å². The molecule has 5 heteroatoms. The van der Waals surface area contributed by atoms with Crippen LogP contribution in [-0.2, 0) is 0 Å². The summed E-state index contributed by atoms with van der Waals surface area (Å²) in [6.07, 6.45) is 8.98. The Balaban J connectivity index is 2.26. The van der Waals surface area contributed by atoms with Gasteiger partial charge in [0, 0.05) is 12.3 Å². The topological polar surface area (TPSA) is 80.7 Å². The molecule has 0 aliphatic carbocycles. The van der Waals surface area contributed by atoms with Crippen LogP contribution < -0.4 is 10.5 Å².